The number of aliphatic carboxylic acids is 1. The molecule has 2 aromatic carbocycles. The van der Waals surface area contributed by atoms with Crippen LogP contribution in [0.5, 0.6) is 5.75 Å². The van der Waals surface area contributed by atoms with E-state index >= 15 is 0 Å². The minimum atomic E-state index is -3.75. The zero-order chi connectivity index (χ0) is 16.2. The molecular weight excluding hydrogens is 306 g/mol. The number of carbonyl (C=O) groups is 1. The topological polar surface area (TPSA) is 83.9 Å². The number of sulfonamides is 1. The van der Waals surface area contributed by atoms with E-state index < -0.39 is 22.6 Å². The molecule has 0 aliphatic heterocycles. The molecule has 1 N–H and O–H groups in total. The normalized spacial score (nSPS) is 11.0. The third-order valence-electron chi connectivity index (χ3n) is 2.95. The number of para-hydroxylation sites is 1. The van der Waals surface area contributed by atoms with Crippen LogP contribution in [0.15, 0.2) is 59.5 Å². The van der Waals surface area contributed by atoms with Gasteiger partial charge < -0.3 is 9.84 Å². The first-order chi connectivity index (χ1) is 10.4. The highest BCUT2D eigenvalue weighted by molar-refractivity contribution is 7.92. The molecule has 116 valence electrons. The Kier molecular flexibility index (Phi) is 4.67. The molecule has 0 aromatic heterocycles. The van der Waals surface area contributed by atoms with Crippen LogP contribution in [-0.2, 0) is 14.8 Å². The van der Waals surface area contributed by atoms with Crippen LogP contribution in [0.1, 0.15) is 0 Å². The van der Waals surface area contributed by atoms with Crippen LogP contribution in [0.3, 0.4) is 0 Å². The molecule has 7 heteroatoms. The number of anilines is 1. The van der Waals surface area contributed by atoms with Crippen LogP contribution in [-0.4, -0.2) is 33.1 Å². The van der Waals surface area contributed by atoms with Crippen molar-refractivity contribution in [3.05, 3.63) is 54.6 Å². The number of hydrogen-bond acceptors (Lipinski definition) is 4. The molecule has 0 aliphatic rings. The second kappa shape index (κ2) is 6.48. The molecular formula is C15H15NO5S. The zero-order valence-electron chi connectivity index (χ0n) is 11.8. The van der Waals surface area contributed by atoms with Gasteiger partial charge in [0.1, 0.15) is 5.75 Å². The predicted molar refractivity (Wildman–Crippen MR) is 81.6 cm³/mol. The van der Waals surface area contributed by atoms with Gasteiger partial charge in [0.15, 0.2) is 6.61 Å². The molecule has 0 fully saturated rings. The van der Waals surface area contributed by atoms with E-state index in [-0.39, 0.29) is 10.6 Å². The Morgan fingerprint density at radius 3 is 2.45 bits per heavy atom. The minimum absolute atomic E-state index is 0.0294. The van der Waals surface area contributed by atoms with Gasteiger partial charge in [-0.1, -0.05) is 24.3 Å². The fourth-order valence-electron chi connectivity index (χ4n) is 1.80. The van der Waals surface area contributed by atoms with E-state index in [2.05, 4.69) is 0 Å². The molecule has 0 spiro atoms. The maximum absolute atomic E-state index is 12.6. The highest BCUT2D eigenvalue weighted by Crippen LogP contribution is 2.24. The molecule has 0 bridgehead atoms. The first kappa shape index (κ1) is 15.8. The van der Waals surface area contributed by atoms with E-state index in [1.54, 1.807) is 30.3 Å². The average Bonchev–Trinajstić information content (AvgIpc) is 2.53. The van der Waals surface area contributed by atoms with Crippen molar-refractivity contribution in [2.75, 3.05) is 18.0 Å². The quantitative estimate of drug-likeness (QED) is 0.879. The molecule has 0 radical (unpaired) electrons. The van der Waals surface area contributed by atoms with Crippen LogP contribution >= 0.6 is 0 Å². The van der Waals surface area contributed by atoms with Crippen molar-refractivity contribution in [2.45, 2.75) is 4.90 Å². The summed E-state index contributed by atoms with van der Waals surface area (Å²) in [5.41, 5.74) is 0.527. The van der Waals surface area contributed by atoms with Crippen molar-refractivity contribution in [1.82, 2.24) is 0 Å². The van der Waals surface area contributed by atoms with Gasteiger partial charge >= 0.3 is 5.97 Å². The smallest absolute Gasteiger partial charge is 0.341 e. The summed E-state index contributed by atoms with van der Waals surface area (Å²) >= 11 is 0. The van der Waals surface area contributed by atoms with E-state index in [1.807, 2.05) is 0 Å². The maximum atomic E-state index is 12.6. The molecule has 0 atom stereocenters. The predicted octanol–water partition coefficient (Wildman–Crippen LogP) is 1.98. The van der Waals surface area contributed by atoms with Crippen LogP contribution < -0.4 is 9.04 Å². The van der Waals surface area contributed by atoms with Gasteiger partial charge in [-0.05, 0) is 24.3 Å². The van der Waals surface area contributed by atoms with Crippen molar-refractivity contribution < 1.29 is 23.1 Å². The van der Waals surface area contributed by atoms with Crippen LogP contribution in [0.2, 0.25) is 0 Å². The second-order valence-electron chi connectivity index (χ2n) is 4.47. The summed E-state index contributed by atoms with van der Waals surface area (Å²) < 4.78 is 31.3. The molecule has 0 saturated carbocycles. The molecule has 0 heterocycles. The first-order valence-corrected chi connectivity index (χ1v) is 7.84. The fourth-order valence-corrected chi connectivity index (χ4v) is 3.04. The zero-order valence-corrected chi connectivity index (χ0v) is 12.7. The molecule has 22 heavy (non-hydrogen) atoms. The molecule has 6 nitrogen and oxygen atoms in total. The van der Waals surface area contributed by atoms with Gasteiger partial charge in [0.2, 0.25) is 0 Å². The van der Waals surface area contributed by atoms with Gasteiger partial charge in [0.05, 0.1) is 10.6 Å². The first-order valence-electron chi connectivity index (χ1n) is 6.40. The number of hydrogen-bond donors (Lipinski definition) is 1. The summed E-state index contributed by atoms with van der Waals surface area (Å²) in [7, 11) is -2.29. The van der Waals surface area contributed by atoms with E-state index in [1.165, 1.54) is 31.3 Å². The summed E-state index contributed by atoms with van der Waals surface area (Å²) in [4.78, 5) is 10.5. The van der Waals surface area contributed by atoms with Crippen molar-refractivity contribution >= 4 is 21.7 Å². The lowest BCUT2D eigenvalue weighted by atomic mass is 10.3. The Labute approximate surface area is 128 Å². The Morgan fingerprint density at radius 2 is 1.82 bits per heavy atom. The molecule has 0 saturated heterocycles. The Bertz CT molecular complexity index is 759. The highest BCUT2D eigenvalue weighted by atomic mass is 32.2. The van der Waals surface area contributed by atoms with E-state index in [0.717, 1.165) is 4.31 Å². The lowest BCUT2D eigenvalue weighted by molar-refractivity contribution is -0.139. The molecule has 2 aromatic rings. The lowest BCUT2D eigenvalue weighted by Gasteiger charge is -2.19. The fraction of sp³-hybridized carbons (Fsp3) is 0.133. The number of nitrogens with zero attached hydrogens (tertiary/aromatic N) is 1. The molecule has 0 unspecified atom stereocenters. The third kappa shape index (κ3) is 3.56. The molecule has 2 rings (SSSR count). The number of carboxylic acid groups (broad SMARTS) is 1. The van der Waals surface area contributed by atoms with Crippen LogP contribution in [0.4, 0.5) is 5.69 Å². The second-order valence-corrected chi connectivity index (χ2v) is 6.43. The van der Waals surface area contributed by atoms with Crippen molar-refractivity contribution in [2.24, 2.45) is 0 Å². The minimum Gasteiger partial charge on any atom is -0.482 e. The average molecular weight is 321 g/mol. The van der Waals surface area contributed by atoms with Crippen molar-refractivity contribution in [3.63, 3.8) is 0 Å². The molecule has 0 aliphatic carbocycles. The third-order valence-corrected chi connectivity index (χ3v) is 4.73. The summed E-state index contributed by atoms with van der Waals surface area (Å²) in [5.74, 6) is -0.945. The van der Waals surface area contributed by atoms with E-state index in [0.29, 0.717) is 5.69 Å². The van der Waals surface area contributed by atoms with Gasteiger partial charge in [-0.3, -0.25) is 4.31 Å². The van der Waals surface area contributed by atoms with Gasteiger partial charge in [-0.2, -0.15) is 0 Å². The Balaban J connectivity index is 2.29. The summed E-state index contributed by atoms with van der Waals surface area (Å²) in [6, 6.07) is 14.4. The monoisotopic (exact) mass is 321 g/mol. The number of carboxylic acids is 1. The highest BCUT2D eigenvalue weighted by Gasteiger charge is 2.21. The van der Waals surface area contributed by atoms with E-state index in [4.69, 9.17) is 9.84 Å². The summed E-state index contributed by atoms with van der Waals surface area (Å²) in [6.45, 7) is -0.530. The number of benzene rings is 2. The lowest BCUT2D eigenvalue weighted by Crippen LogP contribution is -2.26. The summed E-state index contributed by atoms with van der Waals surface area (Å²) in [5, 5.41) is 8.59. The van der Waals surface area contributed by atoms with Crippen molar-refractivity contribution in [3.8, 4) is 5.75 Å². The largest absolute Gasteiger partial charge is 0.482 e. The Hall–Kier alpha value is -2.54. The Morgan fingerprint density at radius 1 is 1.14 bits per heavy atom. The van der Waals surface area contributed by atoms with Crippen LogP contribution in [0, 0.1) is 0 Å². The van der Waals surface area contributed by atoms with Crippen molar-refractivity contribution in [1.29, 1.82) is 0 Å². The van der Waals surface area contributed by atoms with E-state index in [9.17, 15) is 13.2 Å². The number of ether oxygens (including phenoxy) is 1. The van der Waals surface area contributed by atoms with Gasteiger partial charge in [-0.25, -0.2) is 13.2 Å². The molecule has 0 amide bonds. The standard InChI is InChI=1S/C15H15NO5S/c1-16(12-6-3-2-4-7-12)22(19,20)14-9-5-8-13(10-14)21-11-15(17)18/h2-10H,11H2,1H3,(H,17,18). The van der Waals surface area contributed by atoms with Gasteiger partial charge in [0.25, 0.3) is 10.0 Å². The maximum Gasteiger partial charge on any atom is 0.341 e. The number of rotatable bonds is 6. The summed E-state index contributed by atoms with van der Waals surface area (Å²) in [6.07, 6.45) is 0. The SMILES string of the molecule is CN(c1ccccc1)S(=O)(=O)c1cccc(OCC(=O)O)c1. The van der Waals surface area contributed by atoms with Gasteiger partial charge in [0, 0.05) is 13.1 Å². The van der Waals surface area contributed by atoms with Crippen LogP contribution in [0.25, 0.3) is 0 Å². The van der Waals surface area contributed by atoms with Gasteiger partial charge in [-0.15, -0.1) is 0 Å².